The quantitative estimate of drug-likeness (QED) is 0.723. The Morgan fingerprint density at radius 1 is 1.19 bits per heavy atom. The van der Waals surface area contributed by atoms with Gasteiger partial charge < -0.3 is 9.47 Å². The molecule has 0 saturated heterocycles. The molecule has 0 aromatic heterocycles. The van der Waals surface area contributed by atoms with E-state index in [9.17, 15) is 4.79 Å². The van der Waals surface area contributed by atoms with Gasteiger partial charge in [-0.15, -0.1) is 0 Å². The number of Topliss-reactive ketones (excluding diaryl/α,β-unsaturated/α-hetero) is 1. The fourth-order valence-electron chi connectivity index (χ4n) is 2.97. The predicted molar refractivity (Wildman–Crippen MR) is 87.3 cm³/mol. The summed E-state index contributed by atoms with van der Waals surface area (Å²) in [5, 5.41) is 0. The first-order valence-corrected chi connectivity index (χ1v) is 8.13. The molecule has 0 heterocycles. The van der Waals surface area contributed by atoms with Crippen LogP contribution >= 0.6 is 15.9 Å². The highest BCUT2D eigenvalue weighted by Crippen LogP contribution is 2.42. The van der Waals surface area contributed by atoms with Gasteiger partial charge in [0.25, 0.3) is 0 Å². The number of methoxy groups -OCH3 is 2. The Balaban J connectivity index is 2.26. The van der Waals surface area contributed by atoms with Gasteiger partial charge in [0.15, 0.2) is 5.78 Å². The van der Waals surface area contributed by atoms with E-state index < -0.39 is 0 Å². The van der Waals surface area contributed by atoms with E-state index in [1.807, 2.05) is 12.1 Å². The second kappa shape index (κ2) is 6.39. The fraction of sp³-hybridized carbons (Fsp3) is 0.588. The highest BCUT2D eigenvalue weighted by molar-refractivity contribution is 9.10. The van der Waals surface area contributed by atoms with Crippen LogP contribution in [0.25, 0.3) is 0 Å². The average Bonchev–Trinajstić information content (AvgIpc) is 2.46. The Hall–Kier alpha value is -1.03. The van der Waals surface area contributed by atoms with Crippen LogP contribution < -0.4 is 9.47 Å². The number of hydrogen-bond donors (Lipinski definition) is 0. The number of halogens is 1. The third-order valence-electron chi connectivity index (χ3n) is 4.46. The summed E-state index contributed by atoms with van der Waals surface area (Å²) in [7, 11) is 3.19. The summed E-state index contributed by atoms with van der Waals surface area (Å²) >= 11 is 3.46. The molecular formula is C17H23BrO3. The molecule has 2 rings (SSSR count). The Morgan fingerprint density at radius 2 is 1.81 bits per heavy atom. The van der Waals surface area contributed by atoms with Gasteiger partial charge in [0, 0.05) is 5.92 Å². The number of carbonyl (C=O) groups is 1. The molecule has 3 nitrogen and oxygen atoms in total. The summed E-state index contributed by atoms with van der Waals surface area (Å²) in [6, 6.07) is 3.62. The second-order valence-electron chi connectivity index (χ2n) is 6.47. The molecule has 0 aliphatic heterocycles. The highest BCUT2D eigenvalue weighted by atomic mass is 79.9. The van der Waals surface area contributed by atoms with Crippen LogP contribution in [0.2, 0.25) is 0 Å². The zero-order valence-corrected chi connectivity index (χ0v) is 14.7. The molecule has 1 aliphatic carbocycles. The van der Waals surface area contributed by atoms with Crippen molar-refractivity contribution in [2.75, 3.05) is 14.2 Å². The van der Waals surface area contributed by atoms with E-state index in [2.05, 4.69) is 29.8 Å². The summed E-state index contributed by atoms with van der Waals surface area (Å²) in [4.78, 5) is 12.8. The van der Waals surface area contributed by atoms with Crippen molar-refractivity contribution in [3.05, 3.63) is 22.2 Å². The smallest absolute Gasteiger partial charge is 0.169 e. The molecular weight excluding hydrogens is 332 g/mol. The Morgan fingerprint density at radius 3 is 2.33 bits per heavy atom. The first-order valence-electron chi connectivity index (χ1n) is 7.34. The van der Waals surface area contributed by atoms with E-state index in [0.29, 0.717) is 27.0 Å². The van der Waals surface area contributed by atoms with E-state index in [-0.39, 0.29) is 11.7 Å². The first kappa shape index (κ1) is 16.3. The lowest BCUT2D eigenvalue weighted by atomic mass is 9.71. The molecule has 1 aromatic carbocycles. The van der Waals surface area contributed by atoms with Crippen molar-refractivity contribution in [1.82, 2.24) is 0 Å². The molecule has 1 aliphatic rings. The molecule has 0 radical (unpaired) electrons. The van der Waals surface area contributed by atoms with Gasteiger partial charge in [0.05, 0.1) is 19.8 Å². The van der Waals surface area contributed by atoms with Gasteiger partial charge in [-0.25, -0.2) is 0 Å². The normalized spacial score (nSPS) is 18.3. The van der Waals surface area contributed by atoms with E-state index in [0.717, 1.165) is 25.7 Å². The predicted octanol–water partition coefficient (Wildman–Crippen LogP) is 4.87. The van der Waals surface area contributed by atoms with Gasteiger partial charge in [-0.1, -0.05) is 13.8 Å². The van der Waals surface area contributed by atoms with Gasteiger partial charge in [0.1, 0.15) is 16.0 Å². The zero-order valence-electron chi connectivity index (χ0n) is 13.2. The molecule has 0 unspecified atom stereocenters. The van der Waals surface area contributed by atoms with E-state index in [1.165, 1.54) is 0 Å². The number of ether oxygens (including phenoxy) is 2. The molecule has 1 aromatic rings. The molecule has 1 saturated carbocycles. The maximum absolute atomic E-state index is 12.8. The third kappa shape index (κ3) is 3.42. The molecule has 116 valence electrons. The van der Waals surface area contributed by atoms with Gasteiger partial charge in [-0.3, -0.25) is 4.79 Å². The van der Waals surface area contributed by atoms with E-state index in [4.69, 9.17) is 9.47 Å². The summed E-state index contributed by atoms with van der Waals surface area (Å²) < 4.78 is 11.4. The van der Waals surface area contributed by atoms with Crippen molar-refractivity contribution in [2.45, 2.75) is 39.5 Å². The van der Waals surface area contributed by atoms with Crippen molar-refractivity contribution in [2.24, 2.45) is 11.3 Å². The number of carbonyl (C=O) groups excluding carboxylic acids is 1. The maximum atomic E-state index is 12.8. The second-order valence-corrected chi connectivity index (χ2v) is 7.26. The molecule has 4 heteroatoms. The lowest BCUT2D eigenvalue weighted by Gasteiger charge is -2.33. The molecule has 1 fully saturated rings. The molecule has 0 amide bonds. The van der Waals surface area contributed by atoms with Crippen molar-refractivity contribution < 1.29 is 14.3 Å². The SMILES string of the molecule is COc1ccc(C(=O)C2CCC(C)(C)CC2)c(OC)c1Br. The Kier molecular flexibility index (Phi) is 4.97. The zero-order chi connectivity index (χ0) is 15.6. The summed E-state index contributed by atoms with van der Waals surface area (Å²) in [6.45, 7) is 4.55. The molecule has 21 heavy (non-hydrogen) atoms. The lowest BCUT2D eigenvalue weighted by Crippen LogP contribution is -2.26. The minimum Gasteiger partial charge on any atom is -0.495 e. The van der Waals surface area contributed by atoms with Gasteiger partial charge in [-0.05, 0) is 59.2 Å². The Labute approximate surface area is 135 Å². The minimum atomic E-state index is 0.104. The number of ketones is 1. The monoisotopic (exact) mass is 354 g/mol. The highest BCUT2D eigenvalue weighted by Gasteiger charge is 2.32. The van der Waals surface area contributed by atoms with Crippen molar-refractivity contribution in [3.63, 3.8) is 0 Å². The molecule has 0 bridgehead atoms. The van der Waals surface area contributed by atoms with Crippen molar-refractivity contribution >= 4 is 21.7 Å². The minimum absolute atomic E-state index is 0.104. The largest absolute Gasteiger partial charge is 0.495 e. The van der Waals surface area contributed by atoms with E-state index >= 15 is 0 Å². The summed E-state index contributed by atoms with van der Waals surface area (Å²) in [5.41, 5.74) is 1.01. The topological polar surface area (TPSA) is 35.5 Å². The van der Waals surface area contributed by atoms with Crippen LogP contribution in [0.15, 0.2) is 16.6 Å². The van der Waals surface area contributed by atoms with Crippen LogP contribution in [0.5, 0.6) is 11.5 Å². The fourth-order valence-corrected chi connectivity index (χ4v) is 3.64. The van der Waals surface area contributed by atoms with Crippen LogP contribution in [0.3, 0.4) is 0 Å². The molecule has 0 N–H and O–H groups in total. The standard InChI is InChI=1S/C17H23BrO3/c1-17(2)9-7-11(8-10-17)15(19)12-5-6-13(20-3)14(18)16(12)21-4/h5-6,11H,7-10H2,1-4H3. The van der Waals surface area contributed by atoms with Crippen LogP contribution in [-0.4, -0.2) is 20.0 Å². The Bertz CT molecular complexity index is 527. The third-order valence-corrected chi connectivity index (χ3v) is 5.21. The van der Waals surface area contributed by atoms with Gasteiger partial charge >= 0.3 is 0 Å². The summed E-state index contributed by atoms with van der Waals surface area (Å²) in [6.07, 6.45) is 4.11. The van der Waals surface area contributed by atoms with Gasteiger partial charge in [0.2, 0.25) is 0 Å². The van der Waals surface area contributed by atoms with Crippen LogP contribution in [0.4, 0.5) is 0 Å². The van der Waals surface area contributed by atoms with Crippen molar-refractivity contribution in [1.29, 1.82) is 0 Å². The number of benzene rings is 1. The number of hydrogen-bond acceptors (Lipinski definition) is 3. The first-order chi connectivity index (χ1) is 9.89. The van der Waals surface area contributed by atoms with Crippen molar-refractivity contribution in [3.8, 4) is 11.5 Å². The van der Waals surface area contributed by atoms with Crippen LogP contribution in [0.1, 0.15) is 49.9 Å². The lowest BCUT2D eigenvalue weighted by molar-refractivity contribution is 0.0835. The van der Waals surface area contributed by atoms with Crippen LogP contribution in [0, 0.1) is 11.3 Å². The molecule has 0 atom stereocenters. The van der Waals surface area contributed by atoms with Gasteiger partial charge in [-0.2, -0.15) is 0 Å². The maximum Gasteiger partial charge on any atom is 0.169 e. The summed E-state index contributed by atoms with van der Waals surface area (Å²) in [5.74, 6) is 1.54. The van der Waals surface area contributed by atoms with Crippen LogP contribution in [-0.2, 0) is 0 Å². The van der Waals surface area contributed by atoms with E-state index in [1.54, 1.807) is 14.2 Å². The number of rotatable bonds is 4. The molecule has 0 spiro atoms. The average molecular weight is 355 g/mol.